The lowest BCUT2D eigenvalue weighted by atomic mass is 10.4. The molecule has 0 fully saturated rings. The molecule has 0 saturated heterocycles. The quantitative estimate of drug-likeness (QED) is 0.855. The summed E-state index contributed by atoms with van der Waals surface area (Å²) in [6.07, 6.45) is 0. The lowest BCUT2D eigenvalue weighted by Gasteiger charge is -2.00. The first-order valence-electron chi connectivity index (χ1n) is 4.83. The third-order valence-corrected chi connectivity index (χ3v) is 3.11. The molecule has 2 N–H and O–H groups in total. The van der Waals surface area contributed by atoms with Crippen LogP contribution in [0.1, 0.15) is 22.1 Å². The first kappa shape index (κ1) is 10.3. The van der Waals surface area contributed by atoms with Crippen LogP contribution >= 0.6 is 11.3 Å². The molecule has 5 heteroatoms. The molecule has 0 amide bonds. The molecule has 80 valence electrons. The van der Waals surface area contributed by atoms with E-state index in [9.17, 15) is 0 Å². The molecule has 0 bridgehead atoms. The van der Waals surface area contributed by atoms with Gasteiger partial charge in [-0.15, -0.1) is 11.3 Å². The van der Waals surface area contributed by atoms with Crippen LogP contribution in [0, 0.1) is 13.8 Å². The average Bonchev–Trinajstić information content (AvgIpc) is 2.75. The van der Waals surface area contributed by atoms with Gasteiger partial charge in [0.05, 0.1) is 17.9 Å². The first-order chi connectivity index (χ1) is 7.19. The van der Waals surface area contributed by atoms with E-state index in [2.05, 4.69) is 23.1 Å². The zero-order valence-electron chi connectivity index (χ0n) is 8.90. The molecule has 0 unspecified atom stereocenters. The number of hydrogen-bond acceptors (Lipinski definition) is 4. The second kappa shape index (κ2) is 4.12. The van der Waals surface area contributed by atoms with Crippen LogP contribution in [-0.4, -0.2) is 14.8 Å². The number of rotatable bonds is 3. The molecule has 2 aromatic heterocycles. The van der Waals surface area contributed by atoms with Crippen molar-refractivity contribution in [2.24, 2.45) is 5.73 Å². The third kappa shape index (κ3) is 2.24. The van der Waals surface area contributed by atoms with Crippen molar-refractivity contribution < 1.29 is 0 Å². The smallest absolute Gasteiger partial charge is 0.107 e. The Hall–Kier alpha value is -1.20. The average molecular weight is 222 g/mol. The summed E-state index contributed by atoms with van der Waals surface area (Å²) < 4.78 is 1.96. The Bertz CT molecular complexity index is 458. The van der Waals surface area contributed by atoms with Gasteiger partial charge in [0.2, 0.25) is 0 Å². The van der Waals surface area contributed by atoms with E-state index in [1.54, 1.807) is 11.3 Å². The largest absolute Gasteiger partial charge is 0.325 e. The molecule has 2 aromatic rings. The van der Waals surface area contributed by atoms with E-state index in [1.165, 1.54) is 0 Å². The van der Waals surface area contributed by atoms with Crippen molar-refractivity contribution in [2.45, 2.75) is 26.9 Å². The van der Waals surface area contributed by atoms with Crippen molar-refractivity contribution in [1.29, 1.82) is 0 Å². The normalized spacial score (nSPS) is 10.9. The molecule has 0 aliphatic heterocycles. The van der Waals surface area contributed by atoms with E-state index in [4.69, 9.17) is 5.73 Å². The van der Waals surface area contributed by atoms with Gasteiger partial charge in [-0.25, -0.2) is 4.98 Å². The highest BCUT2D eigenvalue weighted by Crippen LogP contribution is 2.11. The van der Waals surface area contributed by atoms with Gasteiger partial charge >= 0.3 is 0 Å². The Morgan fingerprint density at radius 2 is 2.27 bits per heavy atom. The topological polar surface area (TPSA) is 56.7 Å². The minimum absolute atomic E-state index is 0.516. The lowest BCUT2D eigenvalue weighted by Crippen LogP contribution is -2.04. The molecular weight excluding hydrogens is 208 g/mol. The zero-order chi connectivity index (χ0) is 10.8. The summed E-state index contributed by atoms with van der Waals surface area (Å²) in [6, 6.07) is 2.07. The van der Waals surface area contributed by atoms with Crippen molar-refractivity contribution in [3.8, 4) is 0 Å². The van der Waals surface area contributed by atoms with E-state index in [-0.39, 0.29) is 0 Å². The highest BCUT2D eigenvalue weighted by atomic mass is 32.1. The van der Waals surface area contributed by atoms with Gasteiger partial charge in [0.25, 0.3) is 0 Å². The summed E-state index contributed by atoms with van der Waals surface area (Å²) in [6.45, 7) is 5.30. The fraction of sp³-hybridized carbons (Fsp3) is 0.400. The standard InChI is InChI=1S/C10H14N4S/c1-7-3-8(2)14(13-7)5-9-6-15-10(4-11)12-9/h3,6H,4-5,11H2,1-2H3. The Morgan fingerprint density at radius 1 is 1.47 bits per heavy atom. The maximum absolute atomic E-state index is 5.52. The molecule has 0 aliphatic rings. The summed E-state index contributed by atoms with van der Waals surface area (Å²) >= 11 is 1.60. The highest BCUT2D eigenvalue weighted by Gasteiger charge is 2.05. The number of hydrogen-bond donors (Lipinski definition) is 1. The molecule has 15 heavy (non-hydrogen) atoms. The van der Waals surface area contributed by atoms with Gasteiger partial charge in [0.15, 0.2) is 0 Å². The van der Waals surface area contributed by atoms with Gasteiger partial charge in [-0.05, 0) is 19.9 Å². The van der Waals surface area contributed by atoms with E-state index in [0.29, 0.717) is 6.54 Å². The fourth-order valence-corrected chi connectivity index (χ4v) is 2.17. The second-order valence-electron chi connectivity index (χ2n) is 3.52. The van der Waals surface area contributed by atoms with Crippen LogP contribution in [-0.2, 0) is 13.1 Å². The molecule has 0 saturated carbocycles. The maximum atomic E-state index is 5.52. The first-order valence-corrected chi connectivity index (χ1v) is 5.71. The Balaban J connectivity index is 2.17. The number of aromatic nitrogens is 3. The number of nitrogens with zero attached hydrogens (tertiary/aromatic N) is 3. The Labute approximate surface area is 92.8 Å². The van der Waals surface area contributed by atoms with Gasteiger partial charge in [-0.1, -0.05) is 0 Å². The molecule has 0 radical (unpaired) electrons. The van der Waals surface area contributed by atoms with Crippen LogP contribution in [0.2, 0.25) is 0 Å². The predicted molar refractivity (Wildman–Crippen MR) is 60.8 cm³/mol. The molecule has 0 atom stereocenters. The monoisotopic (exact) mass is 222 g/mol. The molecule has 0 aliphatic carbocycles. The summed E-state index contributed by atoms with van der Waals surface area (Å²) in [5, 5.41) is 7.41. The van der Waals surface area contributed by atoms with Crippen LogP contribution in [0.25, 0.3) is 0 Å². The van der Waals surface area contributed by atoms with Crippen LogP contribution < -0.4 is 5.73 Å². The molecular formula is C10H14N4S. The predicted octanol–water partition coefficient (Wildman–Crippen LogP) is 1.46. The third-order valence-electron chi connectivity index (χ3n) is 2.19. The Morgan fingerprint density at radius 3 is 2.80 bits per heavy atom. The van der Waals surface area contributed by atoms with Crippen molar-refractivity contribution in [2.75, 3.05) is 0 Å². The SMILES string of the molecule is Cc1cc(C)n(Cc2csc(CN)n2)n1. The van der Waals surface area contributed by atoms with Gasteiger partial charge < -0.3 is 5.73 Å². The minimum atomic E-state index is 0.516. The van der Waals surface area contributed by atoms with Crippen LogP contribution in [0.15, 0.2) is 11.4 Å². The maximum Gasteiger partial charge on any atom is 0.107 e. The molecule has 4 nitrogen and oxygen atoms in total. The van der Waals surface area contributed by atoms with Gasteiger partial charge in [-0.3, -0.25) is 4.68 Å². The molecule has 0 spiro atoms. The van der Waals surface area contributed by atoms with E-state index in [0.717, 1.165) is 28.6 Å². The van der Waals surface area contributed by atoms with E-state index >= 15 is 0 Å². The van der Waals surface area contributed by atoms with Crippen molar-refractivity contribution in [3.05, 3.63) is 33.5 Å². The van der Waals surface area contributed by atoms with Gasteiger partial charge in [-0.2, -0.15) is 5.10 Å². The Kier molecular flexibility index (Phi) is 2.83. The van der Waals surface area contributed by atoms with Crippen LogP contribution in [0.4, 0.5) is 0 Å². The molecule has 0 aromatic carbocycles. The highest BCUT2D eigenvalue weighted by molar-refractivity contribution is 7.09. The fourth-order valence-electron chi connectivity index (χ4n) is 1.50. The van der Waals surface area contributed by atoms with Crippen LogP contribution in [0.5, 0.6) is 0 Å². The van der Waals surface area contributed by atoms with Crippen molar-refractivity contribution >= 4 is 11.3 Å². The molecule has 2 heterocycles. The summed E-state index contributed by atoms with van der Waals surface area (Å²) in [5.41, 5.74) is 8.76. The van der Waals surface area contributed by atoms with Crippen LogP contribution in [0.3, 0.4) is 0 Å². The lowest BCUT2D eigenvalue weighted by molar-refractivity contribution is 0.648. The van der Waals surface area contributed by atoms with Crippen molar-refractivity contribution in [3.63, 3.8) is 0 Å². The van der Waals surface area contributed by atoms with Crippen molar-refractivity contribution in [1.82, 2.24) is 14.8 Å². The summed E-state index contributed by atoms with van der Waals surface area (Å²) in [4.78, 5) is 4.41. The van der Waals surface area contributed by atoms with E-state index < -0.39 is 0 Å². The summed E-state index contributed by atoms with van der Waals surface area (Å²) in [5.74, 6) is 0. The number of aryl methyl sites for hydroxylation is 2. The molecule has 2 rings (SSSR count). The number of thiazole rings is 1. The zero-order valence-corrected chi connectivity index (χ0v) is 9.71. The summed E-state index contributed by atoms with van der Waals surface area (Å²) in [7, 11) is 0. The van der Waals surface area contributed by atoms with Gasteiger partial charge in [0, 0.05) is 17.6 Å². The van der Waals surface area contributed by atoms with Gasteiger partial charge in [0.1, 0.15) is 5.01 Å². The number of nitrogens with two attached hydrogens (primary N) is 1. The second-order valence-corrected chi connectivity index (χ2v) is 4.46. The minimum Gasteiger partial charge on any atom is -0.325 e. The van der Waals surface area contributed by atoms with E-state index in [1.807, 2.05) is 17.0 Å².